The van der Waals surface area contributed by atoms with E-state index in [0.717, 1.165) is 25.5 Å². The minimum atomic E-state index is 0.184. The van der Waals surface area contributed by atoms with Gasteiger partial charge >= 0.3 is 0 Å². The Bertz CT molecular complexity index is 441. The number of rotatable bonds is 4. The van der Waals surface area contributed by atoms with Crippen LogP contribution in [0.3, 0.4) is 0 Å². The second kappa shape index (κ2) is 5.50. The van der Waals surface area contributed by atoms with Crippen molar-refractivity contribution < 1.29 is 4.74 Å². The van der Waals surface area contributed by atoms with E-state index in [2.05, 4.69) is 50.4 Å². The van der Waals surface area contributed by atoms with E-state index in [1.807, 2.05) is 0 Å². The third kappa shape index (κ3) is 3.42. The Balaban J connectivity index is 1.64. The SMILES string of the molecule is CC(C)(C)NCC1CCOC1c1ccc(C2CC2)cc1. The first kappa shape index (κ1) is 14.1. The van der Waals surface area contributed by atoms with Gasteiger partial charge < -0.3 is 10.1 Å². The van der Waals surface area contributed by atoms with Gasteiger partial charge in [0.25, 0.3) is 0 Å². The first-order valence-corrected chi connectivity index (χ1v) is 7.99. The van der Waals surface area contributed by atoms with Crippen molar-refractivity contribution in [3.05, 3.63) is 35.4 Å². The van der Waals surface area contributed by atoms with E-state index in [0.29, 0.717) is 5.92 Å². The second-order valence-electron chi connectivity index (χ2n) is 7.41. The van der Waals surface area contributed by atoms with Crippen LogP contribution in [0.5, 0.6) is 0 Å². The Hall–Kier alpha value is -0.860. The van der Waals surface area contributed by atoms with E-state index < -0.39 is 0 Å². The third-order valence-corrected chi connectivity index (χ3v) is 4.42. The fraction of sp³-hybridized carbons (Fsp3) is 0.667. The van der Waals surface area contributed by atoms with Crippen LogP contribution in [0.1, 0.15) is 63.2 Å². The molecule has 1 aliphatic heterocycles. The molecule has 2 heteroatoms. The average molecular weight is 273 g/mol. The lowest BCUT2D eigenvalue weighted by atomic mass is 9.93. The Morgan fingerprint density at radius 2 is 1.70 bits per heavy atom. The molecule has 0 spiro atoms. The van der Waals surface area contributed by atoms with Crippen molar-refractivity contribution in [1.29, 1.82) is 0 Å². The largest absolute Gasteiger partial charge is 0.373 e. The van der Waals surface area contributed by atoms with E-state index >= 15 is 0 Å². The molecule has 1 saturated carbocycles. The van der Waals surface area contributed by atoms with Gasteiger partial charge in [0.05, 0.1) is 6.10 Å². The molecular weight excluding hydrogens is 246 g/mol. The zero-order valence-electron chi connectivity index (χ0n) is 13.0. The van der Waals surface area contributed by atoms with Crippen LogP contribution in [-0.4, -0.2) is 18.7 Å². The quantitative estimate of drug-likeness (QED) is 0.894. The lowest BCUT2D eigenvalue weighted by Gasteiger charge is -2.26. The van der Waals surface area contributed by atoms with Crippen LogP contribution in [0.4, 0.5) is 0 Å². The van der Waals surface area contributed by atoms with Crippen molar-refractivity contribution in [2.45, 2.75) is 57.6 Å². The molecule has 2 fully saturated rings. The lowest BCUT2D eigenvalue weighted by Crippen LogP contribution is -2.39. The number of hydrogen-bond acceptors (Lipinski definition) is 2. The highest BCUT2D eigenvalue weighted by Gasteiger charge is 2.31. The second-order valence-corrected chi connectivity index (χ2v) is 7.41. The smallest absolute Gasteiger partial charge is 0.0866 e. The molecular formula is C18H27NO. The average Bonchev–Trinajstić information content (AvgIpc) is 3.14. The summed E-state index contributed by atoms with van der Waals surface area (Å²) < 4.78 is 5.99. The molecule has 1 aliphatic carbocycles. The Morgan fingerprint density at radius 1 is 1.05 bits per heavy atom. The summed E-state index contributed by atoms with van der Waals surface area (Å²) in [5.41, 5.74) is 3.05. The zero-order valence-corrected chi connectivity index (χ0v) is 13.0. The summed E-state index contributed by atoms with van der Waals surface area (Å²) >= 11 is 0. The molecule has 0 aromatic heterocycles. The molecule has 2 nitrogen and oxygen atoms in total. The molecule has 3 rings (SSSR count). The van der Waals surface area contributed by atoms with Gasteiger partial charge in [0.2, 0.25) is 0 Å². The number of ether oxygens (including phenoxy) is 1. The Labute approximate surface area is 122 Å². The van der Waals surface area contributed by atoms with Gasteiger partial charge in [0, 0.05) is 24.6 Å². The fourth-order valence-corrected chi connectivity index (χ4v) is 3.02. The van der Waals surface area contributed by atoms with Gasteiger partial charge in [-0.2, -0.15) is 0 Å². The predicted molar refractivity (Wildman–Crippen MR) is 83.0 cm³/mol. The van der Waals surface area contributed by atoms with Crippen LogP contribution < -0.4 is 5.32 Å². The maximum Gasteiger partial charge on any atom is 0.0866 e. The third-order valence-electron chi connectivity index (χ3n) is 4.42. The van der Waals surface area contributed by atoms with Crippen molar-refractivity contribution in [2.24, 2.45) is 5.92 Å². The Morgan fingerprint density at radius 3 is 2.30 bits per heavy atom. The molecule has 2 aliphatic rings. The summed E-state index contributed by atoms with van der Waals surface area (Å²) in [4.78, 5) is 0. The maximum absolute atomic E-state index is 5.99. The normalized spacial score (nSPS) is 26.9. The zero-order chi connectivity index (χ0) is 14.2. The number of nitrogens with one attached hydrogen (secondary N) is 1. The van der Waals surface area contributed by atoms with Gasteiger partial charge in [0.1, 0.15) is 0 Å². The standard InChI is InChI=1S/C18H27NO/c1-18(2,3)19-12-16-10-11-20-17(16)15-8-6-14(7-9-15)13-4-5-13/h6-9,13,16-17,19H,4-5,10-12H2,1-3H3. The molecule has 1 aromatic rings. The summed E-state index contributed by atoms with van der Waals surface area (Å²) in [7, 11) is 0. The van der Waals surface area contributed by atoms with Gasteiger partial charge in [0.15, 0.2) is 0 Å². The van der Waals surface area contributed by atoms with Crippen molar-refractivity contribution in [1.82, 2.24) is 5.32 Å². The topological polar surface area (TPSA) is 21.3 Å². The molecule has 20 heavy (non-hydrogen) atoms. The van der Waals surface area contributed by atoms with Gasteiger partial charge in [-0.05, 0) is 57.1 Å². The molecule has 110 valence electrons. The van der Waals surface area contributed by atoms with Gasteiger partial charge in [-0.25, -0.2) is 0 Å². The summed E-state index contributed by atoms with van der Waals surface area (Å²) in [5.74, 6) is 1.44. The molecule has 0 amide bonds. The monoisotopic (exact) mass is 273 g/mol. The molecule has 2 unspecified atom stereocenters. The molecule has 1 N–H and O–H groups in total. The van der Waals surface area contributed by atoms with Crippen molar-refractivity contribution in [3.63, 3.8) is 0 Å². The lowest BCUT2D eigenvalue weighted by molar-refractivity contribution is 0.0889. The van der Waals surface area contributed by atoms with Crippen molar-refractivity contribution >= 4 is 0 Å². The number of hydrogen-bond donors (Lipinski definition) is 1. The summed E-state index contributed by atoms with van der Waals surface area (Å²) in [6.45, 7) is 8.61. The maximum atomic E-state index is 5.99. The molecule has 0 radical (unpaired) electrons. The Kier molecular flexibility index (Phi) is 3.87. The van der Waals surface area contributed by atoms with E-state index in [1.165, 1.54) is 24.0 Å². The molecule has 1 aromatic carbocycles. The van der Waals surface area contributed by atoms with Gasteiger partial charge in [-0.3, -0.25) is 0 Å². The highest BCUT2D eigenvalue weighted by Crippen LogP contribution is 2.41. The van der Waals surface area contributed by atoms with Crippen LogP contribution in [0.15, 0.2) is 24.3 Å². The minimum absolute atomic E-state index is 0.184. The van der Waals surface area contributed by atoms with Crippen LogP contribution in [0.25, 0.3) is 0 Å². The van der Waals surface area contributed by atoms with E-state index in [9.17, 15) is 0 Å². The predicted octanol–water partition coefficient (Wildman–Crippen LogP) is 4.03. The first-order valence-electron chi connectivity index (χ1n) is 7.99. The van der Waals surface area contributed by atoms with Crippen LogP contribution in [0, 0.1) is 5.92 Å². The van der Waals surface area contributed by atoms with Crippen LogP contribution in [0.2, 0.25) is 0 Å². The molecule has 1 heterocycles. The summed E-state index contributed by atoms with van der Waals surface area (Å²) in [6.07, 6.45) is 4.19. The van der Waals surface area contributed by atoms with E-state index in [-0.39, 0.29) is 11.6 Å². The summed E-state index contributed by atoms with van der Waals surface area (Å²) in [6, 6.07) is 9.19. The molecule has 2 atom stereocenters. The fourth-order valence-electron chi connectivity index (χ4n) is 3.02. The summed E-state index contributed by atoms with van der Waals surface area (Å²) in [5, 5.41) is 3.62. The van der Waals surface area contributed by atoms with Crippen LogP contribution in [-0.2, 0) is 4.74 Å². The van der Waals surface area contributed by atoms with Gasteiger partial charge in [-0.15, -0.1) is 0 Å². The highest BCUT2D eigenvalue weighted by molar-refractivity contribution is 5.29. The minimum Gasteiger partial charge on any atom is -0.373 e. The van der Waals surface area contributed by atoms with E-state index in [4.69, 9.17) is 4.74 Å². The van der Waals surface area contributed by atoms with Crippen molar-refractivity contribution in [2.75, 3.05) is 13.2 Å². The van der Waals surface area contributed by atoms with Crippen molar-refractivity contribution in [3.8, 4) is 0 Å². The molecule has 1 saturated heterocycles. The first-order chi connectivity index (χ1) is 9.53. The molecule has 0 bridgehead atoms. The van der Waals surface area contributed by atoms with Gasteiger partial charge in [-0.1, -0.05) is 24.3 Å². The number of benzene rings is 1. The van der Waals surface area contributed by atoms with Crippen LogP contribution >= 0.6 is 0 Å². The van der Waals surface area contributed by atoms with E-state index in [1.54, 1.807) is 0 Å². The highest BCUT2D eigenvalue weighted by atomic mass is 16.5.